The molecule has 2 aromatic heterocycles. The maximum atomic E-state index is 13.2. The second-order valence-electron chi connectivity index (χ2n) is 7.95. The normalized spacial score (nSPS) is 12.9. The standard InChI is InChI=1S/C25H25N5O/c1-17-23-20(16-21(18-8-4-3-5-9-18)27-24(23)29(2)28-17)25(31)26-13-15-30-14-12-19-10-6-7-11-22(19)30/h3-11,16H,12-15H2,1-2H3,(H,26,31). The van der Waals surface area contributed by atoms with Crippen molar-refractivity contribution < 1.29 is 4.79 Å². The van der Waals surface area contributed by atoms with E-state index in [1.165, 1.54) is 11.3 Å². The van der Waals surface area contributed by atoms with Gasteiger partial charge >= 0.3 is 0 Å². The number of anilines is 1. The molecule has 2 aromatic carbocycles. The lowest BCUT2D eigenvalue weighted by Gasteiger charge is -2.19. The Morgan fingerprint density at radius 1 is 1.10 bits per heavy atom. The van der Waals surface area contributed by atoms with Gasteiger partial charge in [-0.25, -0.2) is 4.98 Å². The van der Waals surface area contributed by atoms with Crippen LogP contribution in [-0.4, -0.2) is 40.3 Å². The lowest BCUT2D eigenvalue weighted by molar-refractivity contribution is 0.0956. The predicted molar refractivity (Wildman–Crippen MR) is 123 cm³/mol. The molecule has 0 spiro atoms. The largest absolute Gasteiger partial charge is 0.369 e. The maximum absolute atomic E-state index is 13.2. The zero-order valence-corrected chi connectivity index (χ0v) is 17.8. The van der Waals surface area contributed by atoms with Gasteiger partial charge in [0.25, 0.3) is 5.91 Å². The summed E-state index contributed by atoms with van der Waals surface area (Å²) >= 11 is 0. The van der Waals surface area contributed by atoms with Crippen LogP contribution in [0.2, 0.25) is 0 Å². The summed E-state index contributed by atoms with van der Waals surface area (Å²) in [6.45, 7) is 4.28. The van der Waals surface area contributed by atoms with Gasteiger partial charge in [-0.2, -0.15) is 5.10 Å². The first-order valence-electron chi connectivity index (χ1n) is 10.6. The van der Waals surface area contributed by atoms with E-state index in [-0.39, 0.29) is 5.91 Å². The van der Waals surface area contributed by atoms with Crippen LogP contribution in [-0.2, 0) is 13.5 Å². The fraction of sp³-hybridized carbons (Fsp3) is 0.240. The number of hydrogen-bond donors (Lipinski definition) is 1. The van der Waals surface area contributed by atoms with Crippen molar-refractivity contribution in [1.82, 2.24) is 20.1 Å². The third-order valence-corrected chi connectivity index (χ3v) is 5.93. The molecule has 1 N–H and O–H groups in total. The Labute approximate surface area is 181 Å². The monoisotopic (exact) mass is 411 g/mol. The highest BCUT2D eigenvalue weighted by Crippen LogP contribution is 2.28. The Bertz CT molecular complexity index is 1260. The molecule has 0 saturated heterocycles. The van der Waals surface area contributed by atoms with Crippen molar-refractivity contribution in [2.45, 2.75) is 13.3 Å². The first-order chi connectivity index (χ1) is 15.1. The molecule has 3 heterocycles. The summed E-state index contributed by atoms with van der Waals surface area (Å²) in [6.07, 6.45) is 1.06. The third-order valence-electron chi connectivity index (χ3n) is 5.93. The van der Waals surface area contributed by atoms with Crippen molar-refractivity contribution in [3.05, 3.63) is 77.5 Å². The highest BCUT2D eigenvalue weighted by Gasteiger charge is 2.21. The Kier molecular flexibility index (Phi) is 4.90. The molecule has 0 unspecified atom stereocenters. The van der Waals surface area contributed by atoms with Gasteiger partial charge in [-0.3, -0.25) is 9.48 Å². The zero-order chi connectivity index (χ0) is 21.4. The summed E-state index contributed by atoms with van der Waals surface area (Å²) in [5.41, 5.74) is 6.55. The molecule has 6 heteroatoms. The number of carbonyl (C=O) groups is 1. The van der Waals surface area contributed by atoms with Gasteiger partial charge in [0, 0.05) is 37.9 Å². The molecule has 0 radical (unpaired) electrons. The van der Waals surface area contributed by atoms with E-state index in [1.807, 2.05) is 50.4 Å². The van der Waals surface area contributed by atoms with E-state index in [4.69, 9.17) is 4.98 Å². The second-order valence-corrected chi connectivity index (χ2v) is 7.95. The SMILES string of the molecule is Cc1nn(C)c2nc(-c3ccccc3)cc(C(=O)NCCN3CCc4ccccc43)c12. The van der Waals surface area contributed by atoms with Crippen LogP contribution in [0, 0.1) is 6.92 Å². The molecule has 0 atom stereocenters. The average Bonchev–Trinajstić information content (AvgIpc) is 3.34. The van der Waals surface area contributed by atoms with Crippen LogP contribution < -0.4 is 10.2 Å². The van der Waals surface area contributed by atoms with Crippen molar-refractivity contribution in [2.24, 2.45) is 7.05 Å². The number of fused-ring (bicyclic) bond motifs is 2. The molecular formula is C25H25N5O. The van der Waals surface area contributed by atoms with E-state index in [9.17, 15) is 4.79 Å². The fourth-order valence-electron chi connectivity index (χ4n) is 4.42. The molecule has 6 nitrogen and oxygen atoms in total. The highest BCUT2D eigenvalue weighted by molar-refractivity contribution is 6.07. The summed E-state index contributed by atoms with van der Waals surface area (Å²) in [5, 5.41) is 8.43. The van der Waals surface area contributed by atoms with Crippen LogP contribution in [0.3, 0.4) is 0 Å². The molecule has 1 aliphatic rings. The minimum Gasteiger partial charge on any atom is -0.369 e. The second kappa shape index (κ2) is 7.87. The number of rotatable bonds is 5. The number of hydrogen-bond acceptors (Lipinski definition) is 4. The van der Waals surface area contributed by atoms with E-state index in [0.717, 1.165) is 47.5 Å². The minimum absolute atomic E-state index is 0.0897. The molecule has 156 valence electrons. The summed E-state index contributed by atoms with van der Waals surface area (Å²) in [6, 6.07) is 20.3. The fourth-order valence-corrected chi connectivity index (χ4v) is 4.42. The molecule has 5 rings (SSSR count). The smallest absolute Gasteiger partial charge is 0.252 e. The van der Waals surface area contributed by atoms with Crippen molar-refractivity contribution >= 4 is 22.6 Å². The lowest BCUT2D eigenvalue weighted by atomic mass is 10.0. The first kappa shape index (κ1) is 19.3. The number of amides is 1. The average molecular weight is 412 g/mol. The Morgan fingerprint density at radius 3 is 2.71 bits per heavy atom. The molecule has 0 aliphatic carbocycles. The van der Waals surface area contributed by atoms with Gasteiger partial charge < -0.3 is 10.2 Å². The van der Waals surface area contributed by atoms with Crippen molar-refractivity contribution in [1.29, 1.82) is 0 Å². The van der Waals surface area contributed by atoms with E-state index < -0.39 is 0 Å². The summed E-state index contributed by atoms with van der Waals surface area (Å²) < 4.78 is 1.75. The molecule has 0 saturated carbocycles. The zero-order valence-electron chi connectivity index (χ0n) is 17.8. The number of carbonyl (C=O) groups excluding carboxylic acids is 1. The van der Waals surface area contributed by atoms with Crippen molar-refractivity contribution in [3.63, 3.8) is 0 Å². The third kappa shape index (κ3) is 3.54. The highest BCUT2D eigenvalue weighted by atomic mass is 16.1. The van der Waals surface area contributed by atoms with Crippen LogP contribution in [0.4, 0.5) is 5.69 Å². The lowest BCUT2D eigenvalue weighted by Crippen LogP contribution is -2.34. The maximum Gasteiger partial charge on any atom is 0.252 e. The van der Waals surface area contributed by atoms with E-state index >= 15 is 0 Å². The van der Waals surface area contributed by atoms with Crippen LogP contribution in [0.15, 0.2) is 60.7 Å². The van der Waals surface area contributed by atoms with Gasteiger partial charge in [0.1, 0.15) is 0 Å². The van der Waals surface area contributed by atoms with E-state index in [0.29, 0.717) is 12.1 Å². The summed E-state index contributed by atoms with van der Waals surface area (Å²) in [4.78, 5) is 20.4. The molecular weight excluding hydrogens is 386 g/mol. The van der Waals surface area contributed by atoms with Crippen LogP contribution in [0.5, 0.6) is 0 Å². The van der Waals surface area contributed by atoms with Gasteiger partial charge in [-0.15, -0.1) is 0 Å². The molecule has 0 fully saturated rings. The van der Waals surface area contributed by atoms with Crippen molar-refractivity contribution in [2.75, 3.05) is 24.5 Å². The Hall–Kier alpha value is -3.67. The van der Waals surface area contributed by atoms with Gasteiger partial charge in [-0.05, 0) is 31.0 Å². The van der Waals surface area contributed by atoms with Gasteiger partial charge in [0.05, 0.1) is 22.3 Å². The number of aryl methyl sites for hydroxylation is 2. The summed E-state index contributed by atoms with van der Waals surface area (Å²) in [5.74, 6) is -0.0897. The number of pyridine rings is 1. The number of para-hydroxylation sites is 1. The number of nitrogens with zero attached hydrogens (tertiary/aromatic N) is 4. The van der Waals surface area contributed by atoms with Gasteiger partial charge in [0.15, 0.2) is 5.65 Å². The van der Waals surface area contributed by atoms with Gasteiger partial charge in [0.2, 0.25) is 0 Å². The van der Waals surface area contributed by atoms with E-state index in [2.05, 4.69) is 39.6 Å². The van der Waals surface area contributed by atoms with Crippen LogP contribution in [0.1, 0.15) is 21.6 Å². The molecule has 0 bridgehead atoms. The number of aromatic nitrogens is 3. The molecule has 4 aromatic rings. The van der Waals surface area contributed by atoms with Crippen LogP contribution in [0.25, 0.3) is 22.3 Å². The molecule has 1 aliphatic heterocycles. The number of nitrogens with one attached hydrogen (secondary N) is 1. The molecule has 1 amide bonds. The Balaban J connectivity index is 1.40. The summed E-state index contributed by atoms with van der Waals surface area (Å²) in [7, 11) is 1.86. The van der Waals surface area contributed by atoms with E-state index in [1.54, 1.807) is 4.68 Å². The molecule has 31 heavy (non-hydrogen) atoms. The quantitative estimate of drug-likeness (QED) is 0.544. The predicted octanol–water partition coefficient (Wildman–Crippen LogP) is 3.74. The minimum atomic E-state index is -0.0897. The van der Waals surface area contributed by atoms with Gasteiger partial charge in [-0.1, -0.05) is 48.5 Å². The first-order valence-corrected chi connectivity index (χ1v) is 10.6. The Morgan fingerprint density at radius 2 is 1.87 bits per heavy atom. The van der Waals surface area contributed by atoms with Crippen LogP contribution >= 0.6 is 0 Å². The number of benzene rings is 2. The van der Waals surface area contributed by atoms with Crippen molar-refractivity contribution in [3.8, 4) is 11.3 Å². The topological polar surface area (TPSA) is 63.1 Å².